The third kappa shape index (κ3) is 4.32. The van der Waals surface area contributed by atoms with Crippen LogP contribution >= 0.6 is 11.8 Å². The first-order valence-electron chi connectivity index (χ1n) is 9.39. The molecule has 0 aliphatic heterocycles. The molecule has 4 aromatic rings. The van der Waals surface area contributed by atoms with Crippen LogP contribution in [0.2, 0.25) is 0 Å². The van der Waals surface area contributed by atoms with Crippen LogP contribution < -0.4 is 5.56 Å². The average molecular weight is 411 g/mol. The molecule has 0 spiro atoms. The Bertz CT molecular complexity index is 1270. The number of aryl methyl sites for hydroxylation is 1. The second kappa shape index (κ2) is 8.76. The van der Waals surface area contributed by atoms with Crippen molar-refractivity contribution in [3.63, 3.8) is 0 Å². The Morgan fingerprint density at radius 2 is 1.63 bits per heavy atom. The van der Waals surface area contributed by atoms with Gasteiger partial charge in [0.25, 0.3) is 5.56 Å². The molecule has 1 heterocycles. The molecule has 0 fully saturated rings. The minimum Gasteiger partial charge on any atom is -0.298 e. The summed E-state index contributed by atoms with van der Waals surface area (Å²) in [6.45, 7) is 1.99. The molecule has 0 bridgehead atoms. The molecule has 0 unspecified atom stereocenters. The van der Waals surface area contributed by atoms with Crippen LogP contribution in [0.3, 0.4) is 0 Å². The summed E-state index contributed by atoms with van der Waals surface area (Å²) in [4.78, 5) is 15.2. The number of rotatable bonds is 5. The molecular formula is C24H18N4OS. The van der Waals surface area contributed by atoms with Gasteiger partial charge >= 0.3 is 0 Å². The Hall–Kier alpha value is -3.69. The van der Waals surface area contributed by atoms with Crippen LogP contribution in [0.5, 0.6) is 0 Å². The van der Waals surface area contributed by atoms with E-state index in [9.17, 15) is 10.1 Å². The summed E-state index contributed by atoms with van der Waals surface area (Å²) in [6.07, 6.45) is 0. The van der Waals surface area contributed by atoms with Crippen molar-refractivity contribution in [1.29, 1.82) is 5.26 Å². The van der Waals surface area contributed by atoms with Crippen LogP contribution in [0.4, 0.5) is 0 Å². The third-order valence-corrected chi connectivity index (χ3v) is 5.62. The van der Waals surface area contributed by atoms with E-state index in [1.54, 1.807) is 0 Å². The summed E-state index contributed by atoms with van der Waals surface area (Å²) < 4.78 is 0. The lowest BCUT2D eigenvalue weighted by atomic mass is 10.00. The molecule has 6 heteroatoms. The highest BCUT2D eigenvalue weighted by molar-refractivity contribution is 7.98. The highest BCUT2D eigenvalue weighted by Crippen LogP contribution is 2.25. The highest BCUT2D eigenvalue weighted by atomic mass is 32.2. The molecule has 3 aromatic carbocycles. The Morgan fingerprint density at radius 3 is 2.33 bits per heavy atom. The molecule has 1 aromatic heterocycles. The predicted octanol–water partition coefficient (Wildman–Crippen LogP) is 4.97. The number of thioether (sulfide) groups is 1. The maximum absolute atomic E-state index is 12.4. The number of hydrogen-bond donors (Lipinski definition) is 1. The molecule has 146 valence electrons. The van der Waals surface area contributed by atoms with Crippen LogP contribution in [-0.4, -0.2) is 15.2 Å². The number of benzene rings is 3. The van der Waals surface area contributed by atoms with Crippen molar-refractivity contribution in [2.75, 3.05) is 0 Å². The zero-order valence-corrected chi connectivity index (χ0v) is 17.1. The fourth-order valence-electron chi connectivity index (χ4n) is 3.05. The number of H-pyrrole nitrogens is 1. The number of aromatic nitrogens is 3. The molecule has 0 atom stereocenters. The first-order chi connectivity index (χ1) is 14.6. The van der Waals surface area contributed by atoms with E-state index in [-0.39, 0.29) is 5.56 Å². The number of aromatic amines is 1. The Kier molecular flexibility index (Phi) is 5.73. The van der Waals surface area contributed by atoms with E-state index in [2.05, 4.69) is 21.3 Å². The van der Waals surface area contributed by atoms with E-state index in [4.69, 9.17) is 0 Å². The summed E-state index contributed by atoms with van der Waals surface area (Å²) in [5.41, 5.74) is 5.60. The zero-order valence-electron chi connectivity index (χ0n) is 16.3. The van der Waals surface area contributed by atoms with Gasteiger partial charge in [-0.1, -0.05) is 84.1 Å². The van der Waals surface area contributed by atoms with E-state index in [0.717, 1.165) is 27.8 Å². The monoisotopic (exact) mass is 410 g/mol. The van der Waals surface area contributed by atoms with Gasteiger partial charge in [0, 0.05) is 11.3 Å². The molecule has 30 heavy (non-hydrogen) atoms. The first kappa shape index (κ1) is 19.6. The number of nitrogens with zero attached hydrogens (tertiary/aromatic N) is 3. The minimum atomic E-state index is -0.250. The van der Waals surface area contributed by atoms with Gasteiger partial charge in [-0.3, -0.25) is 9.78 Å². The quantitative estimate of drug-likeness (QED) is 0.470. The minimum absolute atomic E-state index is 0.250. The maximum Gasteiger partial charge on any atom is 0.278 e. The summed E-state index contributed by atoms with van der Waals surface area (Å²) >= 11 is 1.42. The predicted molar refractivity (Wildman–Crippen MR) is 119 cm³/mol. The van der Waals surface area contributed by atoms with Gasteiger partial charge in [-0.05, 0) is 29.7 Å². The van der Waals surface area contributed by atoms with Crippen molar-refractivity contribution < 1.29 is 0 Å². The van der Waals surface area contributed by atoms with Gasteiger partial charge in [0.15, 0.2) is 10.9 Å². The van der Waals surface area contributed by atoms with Gasteiger partial charge < -0.3 is 0 Å². The van der Waals surface area contributed by atoms with E-state index in [1.807, 2.05) is 79.7 Å². The topological polar surface area (TPSA) is 82.4 Å². The van der Waals surface area contributed by atoms with Gasteiger partial charge in [-0.2, -0.15) is 5.26 Å². The number of hydrogen-bond acceptors (Lipinski definition) is 5. The third-order valence-electron chi connectivity index (χ3n) is 4.69. The lowest BCUT2D eigenvalue weighted by Crippen LogP contribution is -2.14. The fraction of sp³-hybridized carbons (Fsp3) is 0.0833. The zero-order chi connectivity index (χ0) is 20.9. The van der Waals surface area contributed by atoms with Crippen molar-refractivity contribution in [2.45, 2.75) is 17.8 Å². The van der Waals surface area contributed by atoms with Gasteiger partial charge in [0.1, 0.15) is 0 Å². The SMILES string of the molecule is Cc1ccc(-c2nnc(SCc3ccc(-c4ccccc4C#N)cc3)[nH]c2=O)cc1. The van der Waals surface area contributed by atoms with E-state index in [1.165, 1.54) is 11.8 Å². The van der Waals surface area contributed by atoms with Crippen molar-refractivity contribution >= 4 is 11.8 Å². The standard InChI is InChI=1S/C24H18N4OS/c1-16-6-10-19(11-7-16)22-23(29)26-24(28-27-22)30-15-17-8-12-18(13-9-17)21-5-3-2-4-20(21)14-25/h2-13H,15H2,1H3,(H,26,28,29). The van der Waals surface area contributed by atoms with Crippen molar-refractivity contribution in [3.05, 3.63) is 99.8 Å². The van der Waals surface area contributed by atoms with Crippen molar-refractivity contribution in [3.8, 4) is 28.5 Å². The van der Waals surface area contributed by atoms with Gasteiger partial charge in [0.2, 0.25) is 0 Å². The second-order valence-corrected chi connectivity index (χ2v) is 7.78. The van der Waals surface area contributed by atoms with Crippen LogP contribution in [0, 0.1) is 18.3 Å². The lowest BCUT2D eigenvalue weighted by molar-refractivity contribution is 0.824. The summed E-state index contributed by atoms with van der Waals surface area (Å²) in [6, 6.07) is 25.4. The van der Waals surface area contributed by atoms with Crippen molar-refractivity contribution in [1.82, 2.24) is 15.2 Å². The molecule has 0 saturated carbocycles. The molecule has 5 nitrogen and oxygen atoms in total. The van der Waals surface area contributed by atoms with Gasteiger partial charge in [0.05, 0.1) is 11.6 Å². The van der Waals surface area contributed by atoms with Crippen molar-refractivity contribution in [2.24, 2.45) is 0 Å². The first-order valence-corrected chi connectivity index (χ1v) is 10.4. The molecule has 0 aliphatic rings. The smallest absolute Gasteiger partial charge is 0.278 e. The maximum atomic E-state index is 12.4. The average Bonchev–Trinajstić information content (AvgIpc) is 2.79. The van der Waals surface area contributed by atoms with E-state index < -0.39 is 0 Å². The normalized spacial score (nSPS) is 10.5. The van der Waals surface area contributed by atoms with Crippen LogP contribution in [0.1, 0.15) is 16.7 Å². The van der Waals surface area contributed by atoms with Crippen LogP contribution in [0.15, 0.2) is 82.7 Å². The largest absolute Gasteiger partial charge is 0.298 e. The molecule has 1 N–H and O–H groups in total. The summed E-state index contributed by atoms with van der Waals surface area (Å²) in [5, 5.41) is 18.0. The van der Waals surface area contributed by atoms with Crippen LogP contribution in [0.25, 0.3) is 22.4 Å². The number of nitriles is 1. The Morgan fingerprint density at radius 1 is 0.933 bits per heavy atom. The van der Waals surface area contributed by atoms with E-state index >= 15 is 0 Å². The molecule has 0 saturated heterocycles. The summed E-state index contributed by atoms with van der Waals surface area (Å²) in [7, 11) is 0. The Labute approximate surface area is 178 Å². The second-order valence-electron chi connectivity index (χ2n) is 6.82. The Balaban J connectivity index is 1.46. The molecule has 0 radical (unpaired) electrons. The van der Waals surface area contributed by atoms with E-state index in [0.29, 0.717) is 22.2 Å². The molecule has 4 rings (SSSR count). The highest BCUT2D eigenvalue weighted by Gasteiger charge is 2.09. The molecular weight excluding hydrogens is 392 g/mol. The lowest BCUT2D eigenvalue weighted by Gasteiger charge is -2.06. The molecule has 0 aliphatic carbocycles. The summed E-state index contributed by atoms with van der Waals surface area (Å²) in [5.74, 6) is 0.647. The van der Waals surface area contributed by atoms with Gasteiger partial charge in [-0.25, -0.2) is 0 Å². The fourth-order valence-corrected chi connectivity index (χ4v) is 3.81. The molecule has 0 amide bonds. The number of nitrogens with one attached hydrogen (secondary N) is 1. The van der Waals surface area contributed by atoms with Crippen LogP contribution in [-0.2, 0) is 5.75 Å². The van der Waals surface area contributed by atoms with Gasteiger partial charge in [-0.15, -0.1) is 10.2 Å².